The van der Waals surface area contributed by atoms with Gasteiger partial charge in [-0.1, -0.05) is 18.2 Å². The molecule has 1 aliphatic heterocycles. The molecule has 2 N–H and O–H groups in total. The molecule has 1 amide bonds. The number of anilines is 2. The molecule has 0 aliphatic carbocycles. The quantitative estimate of drug-likeness (QED) is 0.936. The fourth-order valence-electron chi connectivity index (χ4n) is 2.52. The number of thiazole rings is 1. The molecule has 6 heteroatoms. The van der Waals surface area contributed by atoms with Crippen molar-refractivity contribution in [3.8, 4) is 0 Å². The van der Waals surface area contributed by atoms with Gasteiger partial charge < -0.3 is 15.5 Å². The maximum atomic E-state index is 12.3. The van der Waals surface area contributed by atoms with Crippen LogP contribution in [0.25, 0.3) is 0 Å². The summed E-state index contributed by atoms with van der Waals surface area (Å²) in [5.41, 5.74) is 7.58. The minimum Gasteiger partial charge on any atom is -0.375 e. The zero-order valence-corrected chi connectivity index (χ0v) is 12.6. The topological polar surface area (TPSA) is 62.5 Å². The number of nitrogens with two attached hydrogens (primary N) is 1. The largest absolute Gasteiger partial charge is 0.375 e. The number of carbonyl (C=O) groups is 1. The number of nitrogen functional groups attached to an aromatic ring is 1. The highest BCUT2D eigenvalue weighted by Crippen LogP contribution is 2.17. The van der Waals surface area contributed by atoms with Crippen molar-refractivity contribution in [1.82, 2.24) is 9.88 Å². The Bertz CT molecular complexity index is 605. The molecular formula is C15H18N4OS. The molecule has 1 saturated heterocycles. The van der Waals surface area contributed by atoms with Gasteiger partial charge in [-0.25, -0.2) is 4.98 Å². The van der Waals surface area contributed by atoms with Crippen molar-refractivity contribution >= 4 is 28.1 Å². The molecule has 21 heavy (non-hydrogen) atoms. The Morgan fingerprint density at radius 3 is 2.52 bits per heavy atom. The minimum atomic E-state index is 0.132. The molecule has 110 valence electrons. The summed E-state index contributed by atoms with van der Waals surface area (Å²) in [5, 5.41) is 2.37. The molecule has 2 aromatic rings. The Morgan fingerprint density at radius 2 is 1.90 bits per heavy atom. The van der Waals surface area contributed by atoms with Gasteiger partial charge in [-0.15, -0.1) is 11.3 Å². The molecule has 0 atom stereocenters. The molecule has 0 bridgehead atoms. The highest BCUT2D eigenvalue weighted by Gasteiger charge is 2.21. The Balaban J connectivity index is 1.54. The van der Waals surface area contributed by atoms with Crippen LogP contribution in [0.5, 0.6) is 0 Å². The maximum Gasteiger partial charge on any atom is 0.228 e. The summed E-state index contributed by atoms with van der Waals surface area (Å²) in [6.07, 6.45) is 0.346. The molecule has 1 aliphatic rings. The van der Waals surface area contributed by atoms with E-state index in [2.05, 4.69) is 22.0 Å². The van der Waals surface area contributed by atoms with E-state index >= 15 is 0 Å². The summed E-state index contributed by atoms with van der Waals surface area (Å²) < 4.78 is 0. The maximum absolute atomic E-state index is 12.3. The molecular weight excluding hydrogens is 284 g/mol. The van der Waals surface area contributed by atoms with Crippen LogP contribution in [0.2, 0.25) is 0 Å². The molecule has 3 rings (SSSR count). The van der Waals surface area contributed by atoms with E-state index in [0.717, 1.165) is 31.9 Å². The number of hydrogen-bond donors (Lipinski definition) is 1. The van der Waals surface area contributed by atoms with Crippen LogP contribution >= 0.6 is 11.3 Å². The van der Waals surface area contributed by atoms with E-state index in [9.17, 15) is 4.79 Å². The molecule has 0 unspecified atom stereocenters. The molecule has 0 saturated carbocycles. The summed E-state index contributed by atoms with van der Waals surface area (Å²) in [6.45, 7) is 3.25. The fraction of sp³-hybridized carbons (Fsp3) is 0.333. The number of para-hydroxylation sites is 1. The number of benzene rings is 1. The molecule has 2 heterocycles. The van der Waals surface area contributed by atoms with Gasteiger partial charge in [0.2, 0.25) is 5.91 Å². The van der Waals surface area contributed by atoms with Gasteiger partial charge in [-0.3, -0.25) is 4.79 Å². The van der Waals surface area contributed by atoms with Gasteiger partial charge in [0, 0.05) is 37.2 Å². The fourth-order valence-corrected chi connectivity index (χ4v) is 3.09. The van der Waals surface area contributed by atoms with Gasteiger partial charge in [0.25, 0.3) is 0 Å². The Hall–Kier alpha value is -2.08. The lowest BCUT2D eigenvalue weighted by atomic mass is 10.2. The standard InChI is InChI=1S/C15H18N4OS/c16-15-17-12(11-21-15)10-14(20)19-8-6-18(7-9-19)13-4-2-1-3-5-13/h1-5,11H,6-10H2,(H2,16,17). The third kappa shape index (κ3) is 3.33. The summed E-state index contributed by atoms with van der Waals surface area (Å²) in [5.74, 6) is 0.132. The van der Waals surface area contributed by atoms with Crippen LogP contribution in [0.3, 0.4) is 0 Å². The second-order valence-electron chi connectivity index (χ2n) is 5.06. The average Bonchev–Trinajstić information content (AvgIpc) is 2.93. The SMILES string of the molecule is Nc1nc(CC(=O)N2CCN(c3ccccc3)CC2)cs1. The molecule has 5 nitrogen and oxygen atoms in total. The van der Waals surface area contributed by atoms with Gasteiger partial charge >= 0.3 is 0 Å². The van der Waals surface area contributed by atoms with Crippen LogP contribution in [0.4, 0.5) is 10.8 Å². The summed E-state index contributed by atoms with van der Waals surface area (Å²) in [7, 11) is 0. The van der Waals surface area contributed by atoms with Gasteiger partial charge in [0.15, 0.2) is 5.13 Å². The van der Waals surface area contributed by atoms with E-state index in [0.29, 0.717) is 11.6 Å². The first-order valence-corrected chi connectivity index (χ1v) is 7.88. The summed E-state index contributed by atoms with van der Waals surface area (Å²) >= 11 is 1.38. The predicted octanol–water partition coefficient (Wildman–Crippen LogP) is 1.62. The van der Waals surface area contributed by atoms with Crippen LogP contribution in [0.15, 0.2) is 35.7 Å². The lowest BCUT2D eigenvalue weighted by Crippen LogP contribution is -2.49. The van der Waals surface area contributed by atoms with Gasteiger partial charge in [-0.05, 0) is 12.1 Å². The molecule has 1 fully saturated rings. The highest BCUT2D eigenvalue weighted by molar-refractivity contribution is 7.13. The summed E-state index contributed by atoms with van der Waals surface area (Å²) in [4.78, 5) is 20.6. The van der Waals surface area contributed by atoms with Crippen molar-refractivity contribution in [2.45, 2.75) is 6.42 Å². The second-order valence-corrected chi connectivity index (χ2v) is 5.95. The monoisotopic (exact) mass is 302 g/mol. The first-order valence-electron chi connectivity index (χ1n) is 7.00. The first kappa shape index (κ1) is 13.9. The Morgan fingerprint density at radius 1 is 1.19 bits per heavy atom. The van der Waals surface area contributed by atoms with Gasteiger partial charge in [-0.2, -0.15) is 0 Å². The van der Waals surface area contributed by atoms with Crippen molar-refractivity contribution in [2.24, 2.45) is 0 Å². The van der Waals surface area contributed by atoms with Crippen LogP contribution in [0, 0.1) is 0 Å². The van der Waals surface area contributed by atoms with Gasteiger partial charge in [0.05, 0.1) is 12.1 Å². The molecule has 0 spiro atoms. The van der Waals surface area contributed by atoms with Crippen LogP contribution < -0.4 is 10.6 Å². The van der Waals surface area contributed by atoms with E-state index in [-0.39, 0.29) is 5.91 Å². The third-order valence-corrected chi connectivity index (χ3v) is 4.38. The van der Waals surface area contributed by atoms with Crippen molar-refractivity contribution in [3.63, 3.8) is 0 Å². The van der Waals surface area contributed by atoms with Crippen molar-refractivity contribution in [2.75, 3.05) is 36.8 Å². The van der Waals surface area contributed by atoms with E-state index in [4.69, 9.17) is 5.73 Å². The number of aromatic nitrogens is 1. The zero-order chi connectivity index (χ0) is 14.7. The Kier molecular flexibility index (Phi) is 4.06. The number of hydrogen-bond acceptors (Lipinski definition) is 5. The number of rotatable bonds is 3. The lowest BCUT2D eigenvalue weighted by Gasteiger charge is -2.36. The normalized spacial score (nSPS) is 15.2. The van der Waals surface area contributed by atoms with Crippen molar-refractivity contribution in [1.29, 1.82) is 0 Å². The minimum absolute atomic E-state index is 0.132. The van der Waals surface area contributed by atoms with Crippen molar-refractivity contribution in [3.05, 3.63) is 41.4 Å². The second kappa shape index (κ2) is 6.13. The lowest BCUT2D eigenvalue weighted by molar-refractivity contribution is -0.130. The van der Waals surface area contributed by atoms with Crippen LogP contribution in [0.1, 0.15) is 5.69 Å². The van der Waals surface area contributed by atoms with E-state index in [1.54, 1.807) is 0 Å². The summed E-state index contributed by atoms with van der Waals surface area (Å²) in [6, 6.07) is 10.3. The smallest absolute Gasteiger partial charge is 0.228 e. The van der Waals surface area contributed by atoms with E-state index < -0.39 is 0 Å². The number of amides is 1. The van der Waals surface area contributed by atoms with Crippen LogP contribution in [-0.4, -0.2) is 42.0 Å². The number of carbonyl (C=O) groups excluding carboxylic acids is 1. The first-order chi connectivity index (χ1) is 10.2. The highest BCUT2D eigenvalue weighted by atomic mass is 32.1. The number of nitrogens with zero attached hydrogens (tertiary/aromatic N) is 3. The predicted molar refractivity (Wildman–Crippen MR) is 85.5 cm³/mol. The molecule has 1 aromatic carbocycles. The molecule has 0 radical (unpaired) electrons. The van der Waals surface area contributed by atoms with E-state index in [1.165, 1.54) is 17.0 Å². The third-order valence-electron chi connectivity index (χ3n) is 3.66. The molecule has 1 aromatic heterocycles. The van der Waals surface area contributed by atoms with Crippen LogP contribution in [-0.2, 0) is 11.2 Å². The van der Waals surface area contributed by atoms with Gasteiger partial charge in [0.1, 0.15) is 0 Å². The zero-order valence-electron chi connectivity index (χ0n) is 11.7. The Labute approximate surface area is 128 Å². The van der Waals surface area contributed by atoms with E-state index in [1.807, 2.05) is 28.5 Å². The number of piperazine rings is 1. The van der Waals surface area contributed by atoms with Crippen molar-refractivity contribution < 1.29 is 4.79 Å². The average molecular weight is 302 g/mol.